The molecule has 1 nitrogen and oxygen atoms in total. The van der Waals surface area contributed by atoms with E-state index < -0.39 is 0 Å². The maximum Gasteiger partial charge on any atom is 0.0761 e. The fourth-order valence-electron chi connectivity index (χ4n) is 0.894. The zero-order chi connectivity index (χ0) is 11.0. The van der Waals surface area contributed by atoms with E-state index in [1.54, 1.807) is 11.3 Å². The van der Waals surface area contributed by atoms with E-state index in [-0.39, 0.29) is 0 Å². The molecule has 0 atom stereocenters. The summed E-state index contributed by atoms with van der Waals surface area (Å²) in [6, 6.07) is 2.05. The Balaban J connectivity index is 0.000000791. The van der Waals surface area contributed by atoms with Gasteiger partial charge in [-0.1, -0.05) is 32.6 Å². The minimum absolute atomic E-state index is 1.12. The van der Waals surface area contributed by atoms with Gasteiger partial charge >= 0.3 is 0 Å². The molecular weight excluding hydrogens is 210 g/mol. The molecule has 0 radical (unpaired) electrons. The second-order valence-electron chi connectivity index (χ2n) is 2.21. The number of nitrogens with two attached hydrogens (primary N) is 1. The topological polar surface area (TPSA) is 26.0 Å². The maximum atomic E-state index is 5.45. The highest BCUT2D eigenvalue weighted by Crippen LogP contribution is 2.29. The minimum Gasteiger partial charge on any atom is -0.273 e. The fourth-order valence-corrected chi connectivity index (χ4v) is 2.42. The zero-order valence-electron chi connectivity index (χ0n) is 8.91. The van der Waals surface area contributed by atoms with Crippen LogP contribution in [0.15, 0.2) is 22.9 Å². The molecule has 0 unspecified atom stereocenters. The molecule has 0 aliphatic carbocycles. The Labute approximate surface area is 94.9 Å². The summed E-state index contributed by atoms with van der Waals surface area (Å²) in [5.41, 5.74) is 1.16. The third kappa shape index (κ3) is 3.70. The lowest BCUT2D eigenvalue weighted by Crippen LogP contribution is -1.71. The monoisotopic (exact) mass is 227 g/mol. The van der Waals surface area contributed by atoms with Gasteiger partial charge in [0.05, 0.1) is 4.21 Å². The Morgan fingerprint density at radius 2 is 2.14 bits per heavy atom. The van der Waals surface area contributed by atoms with Crippen molar-refractivity contribution in [1.82, 2.24) is 0 Å². The molecule has 78 valence electrons. The van der Waals surface area contributed by atoms with E-state index in [1.165, 1.54) is 16.8 Å². The lowest BCUT2D eigenvalue weighted by molar-refractivity contribution is 1.50. The summed E-state index contributed by atoms with van der Waals surface area (Å²) >= 11 is 2.97. The largest absolute Gasteiger partial charge is 0.273 e. The third-order valence-electron chi connectivity index (χ3n) is 1.42. The first kappa shape index (κ1) is 13.5. The molecular formula is C11H17NS2. The minimum atomic E-state index is 1.12. The van der Waals surface area contributed by atoms with E-state index in [0.29, 0.717) is 0 Å². The Morgan fingerprint density at radius 3 is 2.57 bits per heavy atom. The molecule has 0 aromatic carbocycles. The quantitative estimate of drug-likeness (QED) is 0.774. The maximum absolute atomic E-state index is 5.45. The van der Waals surface area contributed by atoms with Gasteiger partial charge in [-0.15, -0.1) is 11.3 Å². The van der Waals surface area contributed by atoms with E-state index in [4.69, 9.17) is 5.14 Å². The summed E-state index contributed by atoms with van der Waals surface area (Å²) in [5.74, 6) is 0. The van der Waals surface area contributed by atoms with Gasteiger partial charge in [0.25, 0.3) is 0 Å². The molecule has 0 amide bonds. The van der Waals surface area contributed by atoms with Crippen molar-refractivity contribution in [3.8, 4) is 0 Å². The summed E-state index contributed by atoms with van der Waals surface area (Å²) in [6.07, 6.45) is 5.94. The molecule has 1 heterocycles. The molecule has 14 heavy (non-hydrogen) atoms. The van der Waals surface area contributed by atoms with Crippen molar-refractivity contribution < 1.29 is 0 Å². The average Bonchev–Trinajstić information content (AvgIpc) is 2.64. The highest BCUT2D eigenvalue weighted by molar-refractivity contribution is 7.99. The van der Waals surface area contributed by atoms with Crippen molar-refractivity contribution in [2.45, 2.75) is 25.0 Å². The van der Waals surface area contributed by atoms with Gasteiger partial charge in [0.15, 0.2) is 0 Å². The molecule has 0 bridgehead atoms. The van der Waals surface area contributed by atoms with Crippen molar-refractivity contribution in [3.63, 3.8) is 0 Å². The van der Waals surface area contributed by atoms with Crippen LogP contribution in [0.1, 0.15) is 31.2 Å². The fraction of sp³-hybridized carbons (Fsp3) is 0.273. The van der Waals surface area contributed by atoms with Gasteiger partial charge in [0.2, 0.25) is 0 Å². The van der Waals surface area contributed by atoms with E-state index in [9.17, 15) is 0 Å². The molecule has 0 aliphatic heterocycles. The van der Waals surface area contributed by atoms with Gasteiger partial charge in [0.1, 0.15) is 0 Å². The van der Waals surface area contributed by atoms with Gasteiger partial charge in [0, 0.05) is 4.88 Å². The summed E-state index contributed by atoms with van der Waals surface area (Å²) in [4.78, 5) is 1.22. The van der Waals surface area contributed by atoms with E-state index in [2.05, 4.69) is 18.7 Å². The molecule has 2 N–H and O–H groups in total. The van der Waals surface area contributed by atoms with Gasteiger partial charge < -0.3 is 0 Å². The molecule has 1 aromatic heterocycles. The molecule has 1 aromatic rings. The molecule has 0 saturated heterocycles. The third-order valence-corrected chi connectivity index (χ3v) is 3.22. The van der Waals surface area contributed by atoms with Crippen LogP contribution in [0.25, 0.3) is 12.2 Å². The van der Waals surface area contributed by atoms with Crippen LogP contribution in [0.4, 0.5) is 0 Å². The average molecular weight is 227 g/mol. The van der Waals surface area contributed by atoms with Gasteiger partial charge in [-0.25, -0.2) is 0 Å². The van der Waals surface area contributed by atoms with Crippen LogP contribution in [-0.2, 0) is 0 Å². The summed E-state index contributed by atoms with van der Waals surface area (Å²) in [6.45, 7) is 9.75. The van der Waals surface area contributed by atoms with Crippen molar-refractivity contribution in [2.24, 2.45) is 5.14 Å². The number of thiophene rings is 1. The molecule has 3 heteroatoms. The van der Waals surface area contributed by atoms with Gasteiger partial charge in [-0.05, 0) is 36.6 Å². The smallest absolute Gasteiger partial charge is 0.0761 e. The number of hydrogen-bond acceptors (Lipinski definition) is 3. The second-order valence-corrected chi connectivity index (χ2v) is 4.22. The Bertz CT molecular complexity index is 300. The van der Waals surface area contributed by atoms with Crippen LogP contribution in [0.2, 0.25) is 0 Å². The lowest BCUT2D eigenvalue weighted by atomic mass is 10.2. The molecule has 1 rings (SSSR count). The zero-order valence-corrected chi connectivity index (χ0v) is 10.5. The number of allylic oxidation sites excluding steroid dienone is 1. The van der Waals surface area contributed by atoms with E-state index in [1.807, 2.05) is 32.9 Å². The standard InChI is InChI=1S/C9H11NS2.C2H6/c1-3-5-8-7(4-2)6-9(11-8)12-10;1-2/h3-6H,2,10H2,1H3;1-2H3/b5-3-;. The van der Waals surface area contributed by atoms with E-state index in [0.717, 1.165) is 9.77 Å². The first-order chi connectivity index (χ1) is 6.81. The Kier molecular flexibility index (Phi) is 7.57. The summed E-state index contributed by atoms with van der Waals surface area (Å²) in [7, 11) is 0. The first-order valence-electron chi connectivity index (χ1n) is 4.57. The SMILES string of the molecule is C=Cc1cc(SN)sc1/C=C\C.CC. The van der Waals surface area contributed by atoms with Crippen molar-refractivity contribution >= 4 is 35.4 Å². The molecule has 0 aliphatic rings. The highest BCUT2D eigenvalue weighted by atomic mass is 32.2. The Morgan fingerprint density at radius 1 is 1.50 bits per heavy atom. The van der Waals surface area contributed by atoms with Crippen LogP contribution in [0.3, 0.4) is 0 Å². The molecule has 0 spiro atoms. The van der Waals surface area contributed by atoms with Gasteiger partial charge in [-0.3, -0.25) is 5.14 Å². The highest BCUT2D eigenvalue weighted by Gasteiger charge is 2.02. The lowest BCUT2D eigenvalue weighted by Gasteiger charge is -1.86. The van der Waals surface area contributed by atoms with Crippen molar-refractivity contribution in [2.75, 3.05) is 0 Å². The van der Waals surface area contributed by atoms with Crippen molar-refractivity contribution in [3.05, 3.63) is 29.2 Å². The first-order valence-corrected chi connectivity index (χ1v) is 6.27. The summed E-state index contributed by atoms with van der Waals surface area (Å²) < 4.78 is 1.12. The number of rotatable bonds is 3. The van der Waals surface area contributed by atoms with Crippen LogP contribution in [0.5, 0.6) is 0 Å². The Hall–Kier alpha value is -0.510. The van der Waals surface area contributed by atoms with Crippen LogP contribution < -0.4 is 5.14 Å². The van der Waals surface area contributed by atoms with Crippen molar-refractivity contribution in [1.29, 1.82) is 0 Å². The predicted molar refractivity (Wildman–Crippen MR) is 70.5 cm³/mol. The molecule has 0 saturated carbocycles. The second kappa shape index (κ2) is 7.85. The normalized spacial score (nSPS) is 9.71. The number of hydrogen-bond donors (Lipinski definition) is 1. The molecule has 0 fully saturated rings. The summed E-state index contributed by atoms with van der Waals surface area (Å²) in [5, 5.41) is 5.45. The van der Waals surface area contributed by atoms with Crippen LogP contribution in [-0.4, -0.2) is 0 Å². The van der Waals surface area contributed by atoms with E-state index >= 15 is 0 Å². The van der Waals surface area contributed by atoms with Crippen LogP contribution >= 0.6 is 23.3 Å². The van der Waals surface area contributed by atoms with Gasteiger partial charge in [-0.2, -0.15) is 0 Å². The predicted octanol–water partition coefficient (Wildman–Crippen LogP) is 4.42. The van der Waals surface area contributed by atoms with Crippen LogP contribution in [0, 0.1) is 0 Å².